The topological polar surface area (TPSA) is 111 Å². The lowest BCUT2D eigenvalue weighted by Crippen LogP contribution is -2.40. The number of fused-ring (bicyclic) bond motifs is 1. The first-order chi connectivity index (χ1) is 17.4. The number of hydrogen-bond acceptors (Lipinski definition) is 5. The van der Waals surface area contributed by atoms with E-state index in [2.05, 4.69) is 15.1 Å². The first-order valence-electron chi connectivity index (χ1n) is 12.5. The highest BCUT2D eigenvalue weighted by molar-refractivity contribution is 5.95. The summed E-state index contributed by atoms with van der Waals surface area (Å²) >= 11 is 0. The van der Waals surface area contributed by atoms with Crippen LogP contribution in [-0.2, 0) is 24.4 Å². The molecule has 188 valence electrons. The molecule has 1 aliphatic heterocycles. The van der Waals surface area contributed by atoms with Gasteiger partial charge in [-0.15, -0.1) is 0 Å². The molecule has 1 aliphatic rings. The van der Waals surface area contributed by atoms with E-state index in [1.165, 1.54) is 4.57 Å². The maximum Gasteiger partial charge on any atom is 0.332 e. The van der Waals surface area contributed by atoms with Gasteiger partial charge in [-0.2, -0.15) is 5.10 Å². The van der Waals surface area contributed by atoms with Crippen molar-refractivity contribution in [2.24, 2.45) is 5.92 Å². The van der Waals surface area contributed by atoms with Crippen molar-refractivity contribution in [3.8, 4) is 11.4 Å². The second kappa shape index (κ2) is 9.60. The van der Waals surface area contributed by atoms with Crippen LogP contribution in [0.15, 0.2) is 46.2 Å². The average molecular weight is 490 g/mol. The van der Waals surface area contributed by atoms with E-state index in [0.717, 1.165) is 23.2 Å². The molecule has 0 spiro atoms. The van der Waals surface area contributed by atoms with E-state index >= 15 is 0 Å². The highest BCUT2D eigenvalue weighted by atomic mass is 16.2. The summed E-state index contributed by atoms with van der Waals surface area (Å²) in [6.45, 7) is 8.03. The van der Waals surface area contributed by atoms with Gasteiger partial charge >= 0.3 is 5.69 Å². The van der Waals surface area contributed by atoms with Crippen molar-refractivity contribution in [3.63, 3.8) is 0 Å². The van der Waals surface area contributed by atoms with Gasteiger partial charge in [-0.05, 0) is 31.9 Å². The third-order valence-electron chi connectivity index (χ3n) is 6.66. The number of carbonyl (C=O) groups is 1. The number of hydrogen-bond donors (Lipinski definition) is 1. The zero-order chi connectivity index (χ0) is 25.4. The van der Waals surface area contributed by atoms with Crippen LogP contribution in [0.25, 0.3) is 22.6 Å². The van der Waals surface area contributed by atoms with Crippen molar-refractivity contribution in [2.45, 2.75) is 59.7 Å². The number of nitrogens with one attached hydrogen (secondary N) is 1. The monoisotopic (exact) mass is 489 g/mol. The predicted molar refractivity (Wildman–Crippen MR) is 138 cm³/mol. The third kappa shape index (κ3) is 4.27. The van der Waals surface area contributed by atoms with Crippen molar-refractivity contribution in [1.29, 1.82) is 0 Å². The van der Waals surface area contributed by atoms with Crippen molar-refractivity contribution >= 4 is 22.8 Å². The van der Waals surface area contributed by atoms with E-state index in [4.69, 9.17) is 0 Å². The molecule has 0 radical (unpaired) electrons. The Bertz CT molecular complexity index is 1520. The predicted octanol–water partition coefficient (Wildman–Crippen LogP) is 2.93. The third-order valence-corrected chi connectivity index (χ3v) is 6.66. The van der Waals surface area contributed by atoms with Crippen LogP contribution in [0.3, 0.4) is 0 Å². The molecule has 10 nitrogen and oxygen atoms in total. The summed E-state index contributed by atoms with van der Waals surface area (Å²) in [5.41, 5.74) is 2.83. The zero-order valence-corrected chi connectivity index (χ0v) is 20.9. The number of H-pyrrole nitrogens is 1. The van der Waals surface area contributed by atoms with Crippen molar-refractivity contribution < 1.29 is 4.79 Å². The summed E-state index contributed by atoms with van der Waals surface area (Å²) < 4.78 is 4.66. The number of aromatic amines is 1. The highest BCUT2D eigenvalue weighted by Gasteiger charge is 2.31. The minimum absolute atomic E-state index is 0.116. The molecule has 36 heavy (non-hydrogen) atoms. The van der Waals surface area contributed by atoms with Gasteiger partial charge in [0.05, 0.1) is 11.8 Å². The van der Waals surface area contributed by atoms with E-state index in [9.17, 15) is 14.4 Å². The Morgan fingerprint density at radius 2 is 1.75 bits per heavy atom. The minimum atomic E-state index is -0.351. The van der Waals surface area contributed by atoms with Crippen LogP contribution < -0.4 is 16.1 Å². The number of aromatic nitrogens is 6. The largest absolute Gasteiger partial charge is 0.332 e. The van der Waals surface area contributed by atoms with Gasteiger partial charge in [0.15, 0.2) is 5.65 Å². The van der Waals surface area contributed by atoms with Crippen LogP contribution >= 0.6 is 0 Å². The Morgan fingerprint density at radius 3 is 2.47 bits per heavy atom. The fraction of sp³-hybridized carbons (Fsp3) is 0.423. The standard InChI is InChI=1S/C26H31N7O3/c1-4-10-31-24-22(25(35)32(11-5-2)26(31)36)28-23(29-24)19-13-27-30(16-19)14-18-12-21(34)33(15-18)20-8-6-17(3)7-9-20/h6-9,13,16,18H,4-5,10-12,14-15H2,1-3H3,(H,28,29). The quantitative estimate of drug-likeness (QED) is 0.409. The molecule has 1 fully saturated rings. The fourth-order valence-electron chi connectivity index (χ4n) is 4.88. The van der Waals surface area contributed by atoms with Crippen LogP contribution in [0.4, 0.5) is 5.69 Å². The summed E-state index contributed by atoms with van der Waals surface area (Å²) in [5, 5.41) is 4.48. The van der Waals surface area contributed by atoms with Crippen molar-refractivity contribution in [1.82, 2.24) is 28.9 Å². The highest BCUT2D eigenvalue weighted by Crippen LogP contribution is 2.27. The SMILES string of the molecule is CCCn1c(=O)c2[nH]c(-c3cnn(CC4CC(=O)N(c5ccc(C)cc5)C4)c3)nc2n(CCC)c1=O. The Balaban J connectivity index is 1.39. The Morgan fingerprint density at radius 1 is 1.03 bits per heavy atom. The molecule has 4 heterocycles. The molecular weight excluding hydrogens is 458 g/mol. The second-order valence-corrected chi connectivity index (χ2v) is 9.54. The lowest BCUT2D eigenvalue weighted by Gasteiger charge is -2.17. The number of rotatable bonds is 8. The first-order valence-corrected chi connectivity index (χ1v) is 12.5. The van der Waals surface area contributed by atoms with Crippen LogP contribution in [0, 0.1) is 12.8 Å². The van der Waals surface area contributed by atoms with E-state index in [1.54, 1.807) is 10.8 Å². The molecule has 4 aromatic rings. The fourth-order valence-corrected chi connectivity index (χ4v) is 4.88. The van der Waals surface area contributed by atoms with E-state index in [0.29, 0.717) is 56.0 Å². The molecule has 0 aliphatic carbocycles. The molecule has 5 rings (SSSR count). The molecule has 1 amide bonds. The van der Waals surface area contributed by atoms with Crippen molar-refractivity contribution in [3.05, 3.63) is 63.1 Å². The summed E-state index contributed by atoms with van der Waals surface area (Å²) in [4.78, 5) is 48.1. The minimum Gasteiger partial charge on any atom is -0.332 e. The molecule has 1 unspecified atom stereocenters. The summed E-state index contributed by atoms with van der Waals surface area (Å²) in [6, 6.07) is 7.99. The van der Waals surface area contributed by atoms with E-state index < -0.39 is 0 Å². The van der Waals surface area contributed by atoms with Gasteiger partial charge in [0.2, 0.25) is 5.91 Å². The molecule has 1 aromatic carbocycles. The average Bonchev–Trinajstić information content (AvgIpc) is 3.59. The normalized spacial score (nSPS) is 15.9. The number of benzene rings is 1. The van der Waals surface area contributed by atoms with E-state index in [1.807, 2.05) is 60.8 Å². The van der Waals surface area contributed by atoms with Crippen LogP contribution in [0.2, 0.25) is 0 Å². The molecule has 10 heteroatoms. The van der Waals surface area contributed by atoms with Gasteiger partial charge in [0, 0.05) is 50.4 Å². The Hall–Kier alpha value is -3.95. The van der Waals surface area contributed by atoms with Crippen molar-refractivity contribution in [2.75, 3.05) is 11.4 Å². The summed E-state index contributed by atoms with van der Waals surface area (Å²) in [6.07, 6.45) is 5.46. The van der Waals surface area contributed by atoms with Crippen LogP contribution in [0.5, 0.6) is 0 Å². The second-order valence-electron chi connectivity index (χ2n) is 9.54. The van der Waals surface area contributed by atoms with Gasteiger partial charge in [0.1, 0.15) is 11.3 Å². The van der Waals surface area contributed by atoms with Gasteiger partial charge < -0.3 is 9.88 Å². The lowest BCUT2D eigenvalue weighted by atomic mass is 10.1. The zero-order valence-electron chi connectivity index (χ0n) is 20.9. The Labute approximate surface area is 208 Å². The number of anilines is 1. The summed E-state index contributed by atoms with van der Waals surface area (Å²) in [7, 11) is 0. The van der Waals surface area contributed by atoms with Crippen LogP contribution in [-0.4, -0.2) is 41.3 Å². The molecule has 1 saturated heterocycles. The smallest absolute Gasteiger partial charge is 0.332 e. The number of imidazole rings is 1. The first kappa shape index (κ1) is 23.8. The summed E-state index contributed by atoms with van der Waals surface area (Å²) in [5.74, 6) is 0.750. The Kier molecular flexibility index (Phi) is 6.34. The van der Waals surface area contributed by atoms with E-state index in [-0.39, 0.29) is 23.1 Å². The van der Waals surface area contributed by atoms with Gasteiger partial charge in [0.25, 0.3) is 5.56 Å². The molecule has 0 bridgehead atoms. The van der Waals surface area contributed by atoms with Gasteiger partial charge in [-0.1, -0.05) is 31.5 Å². The lowest BCUT2D eigenvalue weighted by molar-refractivity contribution is -0.117. The molecule has 3 aromatic heterocycles. The number of amides is 1. The van der Waals surface area contributed by atoms with Gasteiger partial charge in [-0.3, -0.25) is 23.4 Å². The maximum atomic E-state index is 13.0. The number of carbonyl (C=O) groups excluding carboxylic acids is 1. The molecular formula is C26H31N7O3. The molecule has 1 atom stereocenters. The van der Waals surface area contributed by atoms with Gasteiger partial charge in [-0.25, -0.2) is 9.78 Å². The molecule has 0 saturated carbocycles. The maximum absolute atomic E-state index is 13.0. The molecule has 1 N–H and O–H groups in total. The number of nitrogens with zero attached hydrogens (tertiary/aromatic N) is 6. The number of aryl methyl sites for hydroxylation is 2. The van der Waals surface area contributed by atoms with Crippen LogP contribution in [0.1, 0.15) is 38.7 Å².